The van der Waals surface area contributed by atoms with Crippen LogP contribution in [0.5, 0.6) is 0 Å². The Labute approximate surface area is 140 Å². The molecular formula is C16H19F2O5P. The first kappa shape index (κ1) is 18.8. The number of esters is 1. The number of ether oxygens (including phenoxy) is 1. The molecule has 0 saturated heterocycles. The van der Waals surface area contributed by atoms with E-state index in [1.807, 2.05) is 6.92 Å². The lowest BCUT2D eigenvalue weighted by atomic mass is 10.1. The third kappa shape index (κ3) is 4.72. The highest BCUT2D eigenvalue weighted by atomic mass is 31.1. The van der Waals surface area contributed by atoms with Gasteiger partial charge in [0.25, 0.3) is 0 Å². The summed E-state index contributed by atoms with van der Waals surface area (Å²) in [5, 5.41) is 0.399. The number of hydrogen-bond donors (Lipinski definition) is 0. The minimum atomic E-state index is -3.19. The van der Waals surface area contributed by atoms with Crippen LogP contribution in [0.3, 0.4) is 0 Å². The predicted octanol–water partition coefficient (Wildman–Crippen LogP) is 5.00. The molecule has 1 unspecified atom stereocenters. The highest BCUT2D eigenvalue weighted by molar-refractivity contribution is 7.33. The Morgan fingerprint density at radius 2 is 2.08 bits per heavy atom. The Bertz CT molecular complexity index is 686. The van der Waals surface area contributed by atoms with Crippen LogP contribution in [0, 0.1) is 0 Å². The van der Waals surface area contributed by atoms with Crippen LogP contribution in [0.4, 0.5) is 8.78 Å². The minimum Gasteiger partial charge on any atom is -0.460 e. The van der Waals surface area contributed by atoms with E-state index in [4.69, 9.17) is 9.15 Å². The first-order valence-corrected chi connectivity index (χ1v) is 8.53. The maximum Gasteiger partial charge on any atom is 0.374 e. The van der Waals surface area contributed by atoms with Crippen molar-refractivity contribution in [2.75, 3.05) is 13.2 Å². The normalized spacial score (nSPS) is 12.3. The number of halogens is 2. The Balaban J connectivity index is 2.14. The van der Waals surface area contributed by atoms with Crippen molar-refractivity contribution in [3.8, 4) is 0 Å². The summed E-state index contributed by atoms with van der Waals surface area (Å²) in [5.41, 5.74) is -3.09. The second-order valence-electron chi connectivity index (χ2n) is 5.02. The minimum absolute atomic E-state index is 0.00501. The third-order valence-electron chi connectivity index (χ3n) is 3.16. The molecule has 0 aliphatic carbocycles. The monoisotopic (exact) mass is 360 g/mol. The molecule has 0 spiro atoms. The number of carbonyl (C=O) groups is 1. The van der Waals surface area contributed by atoms with Gasteiger partial charge in [0.1, 0.15) is 14.4 Å². The fourth-order valence-corrected chi connectivity index (χ4v) is 2.47. The Morgan fingerprint density at radius 1 is 1.29 bits per heavy atom. The summed E-state index contributed by atoms with van der Waals surface area (Å²) in [6.07, 6.45) is 1.65. The zero-order valence-corrected chi connectivity index (χ0v) is 14.4. The molecule has 132 valence electrons. The average molecular weight is 360 g/mol. The average Bonchev–Trinajstić information content (AvgIpc) is 2.98. The standard InChI is InChI=1S/C16H19F2O5P/c1-3-5-8-20-15(19)14-10-11-9-12(6-7-13(11)22-14)16(17,18)24-23-21-4-2/h6-7,9-10,24H,3-5,8H2,1-2H3. The molecule has 1 heterocycles. The van der Waals surface area contributed by atoms with Gasteiger partial charge in [0, 0.05) is 10.9 Å². The number of benzene rings is 1. The molecule has 24 heavy (non-hydrogen) atoms. The number of carbonyl (C=O) groups excluding carboxylic acids is 1. The van der Waals surface area contributed by atoms with Crippen molar-refractivity contribution < 1.29 is 32.3 Å². The second kappa shape index (κ2) is 8.51. The van der Waals surface area contributed by atoms with Crippen molar-refractivity contribution in [2.24, 2.45) is 0 Å². The summed E-state index contributed by atoms with van der Waals surface area (Å²) in [5.74, 6) is -0.607. The molecule has 0 bridgehead atoms. The summed E-state index contributed by atoms with van der Waals surface area (Å²) >= 11 is 0. The molecule has 0 aliphatic heterocycles. The maximum atomic E-state index is 14.1. The van der Waals surface area contributed by atoms with E-state index in [0.29, 0.717) is 17.6 Å². The molecule has 1 atom stereocenters. The second-order valence-corrected chi connectivity index (χ2v) is 6.02. The zero-order chi connectivity index (χ0) is 17.6. The van der Waals surface area contributed by atoms with Crippen molar-refractivity contribution in [2.45, 2.75) is 32.4 Å². The van der Waals surface area contributed by atoms with E-state index < -0.39 is 20.4 Å². The van der Waals surface area contributed by atoms with Gasteiger partial charge < -0.3 is 9.15 Å². The molecule has 5 nitrogen and oxygen atoms in total. The Kier molecular flexibility index (Phi) is 6.66. The molecule has 0 fully saturated rings. The number of rotatable bonds is 9. The Morgan fingerprint density at radius 3 is 2.79 bits per heavy atom. The topological polar surface area (TPSA) is 57.9 Å². The van der Waals surface area contributed by atoms with Crippen LogP contribution in [-0.2, 0) is 20.0 Å². The van der Waals surface area contributed by atoms with E-state index >= 15 is 0 Å². The summed E-state index contributed by atoms with van der Waals surface area (Å²) < 4.78 is 43.0. The van der Waals surface area contributed by atoms with Gasteiger partial charge in [-0.25, -0.2) is 14.4 Å². The first-order chi connectivity index (χ1) is 11.5. The quantitative estimate of drug-likeness (QED) is 0.207. The summed E-state index contributed by atoms with van der Waals surface area (Å²) in [7, 11) is -1.16. The molecule has 0 saturated carbocycles. The fraction of sp³-hybridized carbons (Fsp3) is 0.438. The predicted molar refractivity (Wildman–Crippen MR) is 86.3 cm³/mol. The van der Waals surface area contributed by atoms with E-state index in [-0.39, 0.29) is 17.9 Å². The van der Waals surface area contributed by atoms with Gasteiger partial charge in [0.05, 0.1) is 13.2 Å². The lowest BCUT2D eigenvalue weighted by Gasteiger charge is -2.15. The largest absolute Gasteiger partial charge is 0.460 e. The third-order valence-corrected chi connectivity index (χ3v) is 3.90. The highest BCUT2D eigenvalue weighted by Gasteiger charge is 2.33. The van der Waals surface area contributed by atoms with Gasteiger partial charge in [-0.05, 0) is 37.6 Å². The van der Waals surface area contributed by atoms with Crippen LogP contribution in [0.1, 0.15) is 42.8 Å². The van der Waals surface area contributed by atoms with Crippen molar-refractivity contribution in [3.05, 3.63) is 35.6 Å². The molecule has 0 aliphatic rings. The maximum absolute atomic E-state index is 14.1. The molecule has 2 rings (SSSR count). The summed E-state index contributed by atoms with van der Waals surface area (Å²) in [4.78, 5) is 16.4. The molecular weight excluding hydrogens is 341 g/mol. The van der Waals surface area contributed by atoms with Gasteiger partial charge in [0.2, 0.25) is 5.76 Å². The van der Waals surface area contributed by atoms with Crippen molar-refractivity contribution in [1.82, 2.24) is 0 Å². The van der Waals surface area contributed by atoms with Crippen LogP contribution in [0.2, 0.25) is 0 Å². The first-order valence-electron chi connectivity index (χ1n) is 7.62. The van der Waals surface area contributed by atoms with Gasteiger partial charge in [0.15, 0.2) is 0 Å². The number of furan rings is 1. The number of alkyl halides is 2. The van der Waals surface area contributed by atoms with Crippen LogP contribution in [0.15, 0.2) is 28.7 Å². The van der Waals surface area contributed by atoms with E-state index in [1.54, 1.807) is 6.92 Å². The SMILES string of the molecule is CCCCOC(=O)c1cc2cc(C(F)(F)POOCC)ccc2o1. The molecule has 8 heteroatoms. The van der Waals surface area contributed by atoms with E-state index in [0.717, 1.165) is 12.8 Å². The molecule has 0 radical (unpaired) electrons. The molecule has 0 N–H and O–H groups in total. The van der Waals surface area contributed by atoms with Crippen LogP contribution >= 0.6 is 8.81 Å². The van der Waals surface area contributed by atoms with Gasteiger partial charge in [-0.15, -0.1) is 0 Å². The molecule has 1 aromatic heterocycles. The lowest BCUT2D eigenvalue weighted by molar-refractivity contribution is -0.197. The van der Waals surface area contributed by atoms with Crippen LogP contribution < -0.4 is 0 Å². The van der Waals surface area contributed by atoms with Crippen LogP contribution in [0.25, 0.3) is 11.0 Å². The molecule has 1 aromatic carbocycles. The zero-order valence-electron chi connectivity index (χ0n) is 13.4. The van der Waals surface area contributed by atoms with Crippen molar-refractivity contribution in [1.29, 1.82) is 0 Å². The summed E-state index contributed by atoms with van der Waals surface area (Å²) in [6.45, 7) is 4.10. The van der Waals surface area contributed by atoms with Crippen molar-refractivity contribution >= 4 is 25.7 Å². The van der Waals surface area contributed by atoms with Crippen LogP contribution in [-0.4, -0.2) is 19.2 Å². The molecule has 0 amide bonds. The fourth-order valence-electron chi connectivity index (χ4n) is 1.92. The van der Waals surface area contributed by atoms with E-state index in [1.165, 1.54) is 24.3 Å². The van der Waals surface area contributed by atoms with Gasteiger partial charge in [-0.1, -0.05) is 13.3 Å². The van der Waals surface area contributed by atoms with E-state index in [9.17, 15) is 13.6 Å². The van der Waals surface area contributed by atoms with Gasteiger partial charge in [-0.2, -0.15) is 8.78 Å². The smallest absolute Gasteiger partial charge is 0.374 e. The number of fused-ring (bicyclic) bond motifs is 1. The Hall–Kier alpha value is -1.56. The summed E-state index contributed by atoms with van der Waals surface area (Å²) in [6, 6.07) is 5.30. The molecule has 2 aromatic rings. The van der Waals surface area contributed by atoms with E-state index in [2.05, 4.69) is 9.56 Å². The lowest BCUT2D eigenvalue weighted by Crippen LogP contribution is -2.06. The number of unbranched alkanes of at least 4 members (excludes halogenated alkanes) is 1. The number of hydrogen-bond acceptors (Lipinski definition) is 5. The van der Waals surface area contributed by atoms with Crippen molar-refractivity contribution in [3.63, 3.8) is 0 Å². The highest BCUT2D eigenvalue weighted by Crippen LogP contribution is 2.46. The van der Waals surface area contributed by atoms with Gasteiger partial charge >= 0.3 is 11.6 Å². The van der Waals surface area contributed by atoms with Gasteiger partial charge in [-0.3, -0.25) is 0 Å².